The van der Waals surface area contributed by atoms with Crippen molar-refractivity contribution in [1.29, 1.82) is 0 Å². The summed E-state index contributed by atoms with van der Waals surface area (Å²) in [6, 6.07) is 1.30. The molecular weight excluding hydrogens is 189 g/mol. The first kappa shape index (κ1) is 8.74. The number of hydrogen-bond acceptors (Lipinski definition) is 3. The topological polar surface area (TPSA) is 53.4 Å². The number of aromatic nitrogens is 1. The van der Waals surface area contributed by atoms with Gasteiger partial charge in [-0.1, -0.05) is 23.2 Å². The van der Waals surface area contributed by atoms with Gasteiger partial charge in [-0.15, -0.1) is 0 Å². The Bertz CT molecular complexity index is 265. The lowest BCUT2D eigenvalue weighted by Gasteiger charge is -2.04. The van der Waals surface area contributed by atoms with Crippen molar-refractivity contribution < 1.29 is 10.2 Å². The molecule has 0 aliphatic heterocycles. The molecule has 0 atom stereocenters. The van der Waals surface area contributed by atoms with Crippen LogP contribution in [0.3, 0.4) is 0 Å². The summed E-state index contributed by atoms with van der Waals surface area (Å²) in [5.41, 5.74) is 0.159. The van der Waals surface area contributed by atoms with E-state index >= 15 is 0 Å². The molecular formula is C6H5Cl2NO2. The van der Waals surface area contributed by atoms with Crippen molar-refractivity contribution in [2.75, 3.05) is 0 Å². The van der Waals surface area contributed by atoms with Gasteiger partial charge in [0.15, 0.2) is 6.29 Å². The highest BCUT2D eigenvalue weighted by Crippen LogP contribution is 2.22. The van der Waals surface area contributed by atoms with Crippen LogP contribution in [-0.4, -0.2) is 15.2 Å². The molecule has 0 spiro atoms. The van der Waals surface area contributed by atoms with Crippen LogP contribution in [0.4, 0.5) is 0 Å². The average molecular weight is 194 g/mol. The van der Waals surface area contributed by atoms with Gasteiger partial charge < -0.3 is 10.2 Å². The van der Waals surface area contributed by atoms with Crippen molar-refractivity contribution >= 4 is 23.2 Å². The van der Waals surface area contributed by atoms with Crippen LogP contribution in [0.5, 0.6) is 0 Å². The van der Waals surface area contributed by atoms with Crippen LogP contribution in [0.25, 0.3) is 0 Å². The molecule has 0 saturated heterocycles. The van der Waals surface area contributed by atoms with Gasteiger partial charge in [0.1, 0.15) is 5.15 Å². The summed E-state index contributed by atoms with van der Waals surface area (Å²) in [6.45, 7) is 0. The fraction of sp³-hybridized carbons (Fsp3) is 0.167. The fourth-order valence-electron chi connectivity index (χ4n) is 0.625. The zero-order valence-corrected chi connectivity index (χ0v) is 6.84. The van der Waals surface area contributed by atoms with Crippen LogP contribution < -0.4 is 0 Å². The van der Waals surface area contributed by atoms with E-state index in [-0.39, 0.29) is 15.7 Å². The molecule has 1 rings (SSSR count). The molecule has 5 heteroatoms. The summed E-state index contributed by atoms with van der Waals surface area (Å²) in [6.07, 6.45) is -0.346. The van der Waals surface area contributed by atoms with Gasteiger partial charge in [-0.05, 0) is 6.07 Å². The van der Waals surface area contributed by atoms with Gasteiger partial charge >= 0.3 is 0 Å². The summed E-state index contributed by atoms with van der Waals surface area (Å²) in [7, 11) is 0. The third-order valence-corrected chi connectivity index (χ3v) is 1.65. The Kier molecular flexibility index (Phi) is 2.67. The highest BCUT2D eigenvalue weighted by molar-refractivity contribution is 6.32. The molecule has 0 aliphatic rings. The van der Waals surface area contributed by atoms with Gasteiger partial charge in [0.2, 0.25) is 0 Å². The normalized spacial score (nSPS) is 10.6. The zero-order valence-electron chi connectivity index (χ0n) is 5.33. The SMILES string of the molecule is OC(O)c1cc(Cl)ncc1Cl. The molecule has 1 aromatic heterocycles. The molecule has 0 unspecified atom stereocenters. The first-order valence-corrected chi connectivity index (χ1v) is 3.54. The highest BCUT2D eigenvalue weighted by atomic mass is 35.5. The van der Waals surface area contributed by atoms with Crippen molar-refractivity contribution in [3.63, 3.8) is 0 Å². The van der Waals surface area contributed by atoms with E-state index in [4.69, 9.17) is 33.4 Å². The quantitative estimate of drug-likeness (QED) is 0.524. The van der Waals surface area contributed by atoms with E-state index in [1.54, 1.807) is 0 Å². The lowest BCUT2D eigenvalue weighted by molar-refractivity contribution is -0.0424. The molecule has 3 nitrogen and oxygen atoms in total. The van der Waals surface area contributed by atoms with E-state index in [1.165, 1.54) is 12.3 Å². The number of aliphatic hydroxyl groups is 2. The minimum Gasteiger partial charge on any atom is -0.364 e. The summed E-state index contributed by atoms with van der Waals surface area (Å²) in [4.78, 5) is 3.63. The van der Waals surface area contributed by atoms with E-state index in [0.29, 0.717) is 0 Å². The standard InChI is InChI=1S/C6H5Cl2NO2/c7-4-2-9-5(8)1-3(4)6(10)11/h1-2,6,10-11H. The Morgan fingerprint density at radius 3 is 2.45 bits per heavy atom. The van der Waals surface area contributed by atoms with Gasteiger partial charge in [0, 0.05) is 11.8 Å². The lowest BCUT2D eigenvalue weighted by atomic mass is 10.2. The van der Waals surface area contributed by atoms with Crippen LogP contribution in [0.2, 0.25) is 10.2 Å². The van der Waals surface area contributed by atoms with E-state index in [0.717, 1.165) is 0 Å². The first-order chi connectivity index (χ1) is 5.11. The minimum absolute atomic E-state index is 0.159. The maximum atomic E-state index is 8.71. The van der Waals surface area contributed by atoms with Gasteiger partial charge in [0.25, 0.3) is 0 Å². The Hall–Kier alpha value is -0.350. The first-order valence-electron chi connectivity index (χ1n) is 2.78. The number of pyridine rings is 1. The molecule has 0 amide bonds. The molecule has 0 bridgehead atoms. The molecule has 60 valence electrons. The second kappa shape index (κ2) is 3.36. The molecule has 1 heterocycles. The number of aliphatic hydroxyl groups excluding tert-OH is 1. The highest BCUT2D eigenvalue weighted by Gasteiger charge is 2.08. The van der Waals surface area contributed by atoms with Crippen LogP contribution in [0.15, 0.2) is 12.3 Å². The zero-order chi connectivity index (χ0) is 8.43. The summed E-state index contributed by atoms with van der Waals surface area (Å²) < 4.78 is 0. The van der Waals surface area contributed by atoms with Crippen molar-refractivity contribution in [3.05, 3.63) is 28.0 Å². The number of nitrogens with zero attached hydrogens (tertiary/aromatic N) is 1. The Morgan fingerprint density at radius 1 is 1.36 bits per heavy atom. The molecule has 11 heavy (non-hydrogen) atoms. The third-order valence-electron chi connectivity index (χ3n) is 1.13. The lowest BCUT2D eigenvalue weighted by Crippen LogP contribution is -1.96. The second-order valence-corrected chi connectivity index (χ2v) is 2.70. The van der Waals surface area contributed by atoms with Crippen molar-refractivity contribution in [1.82, 2.24) is 4.98 Å². The maximum absolute atomic E-state index is 8.71. The number of rotatable bonds is 1. The predicted molar refractivity (Wildman–Crippen MR) is 41.4 cm³/mol. The van der Waals surface area contributed by atoms with Crippen LogP contribution >= 0.6 is 23.2 Å². The molecule has 0 aromatic carbocycles. The molecule has 0 aliphatic carbocycles. The van der Waals surface area contributed by atoms with Crippen molar-refractivity contribution in [3.8, 4) is 0 Å². The van der Waals surface area contributed by atoms with Crippen LogP contribution in [0.1, 0.15) is 11.9 Å². The van der Waals surface area contributed by atoms with Gasteiger partial charge in [-0.3, -0.25) is 0 Å². The summed E-state index contributed by atoms with van der Waals surface area (Å²) >= 11 is 11.0. The Morgan fingerprint density at radius 2 is 2.00 bits per heavy atom. The molecule has 2 N–H and O–H groups in total. The number of hydrogen-bond donors (Lipinski definition) is 2. The van der Waals surface area contributed by atoms with Crippen LogP contribution in [0, 0.1) is 0 Å². The van der Waals surface area contributed by atoms with Crippen LogP contribution in [-0.2, 0) is 0 Å². The molecule has 0 saturated carbocycles. The molecule has 0 radical (unpaired) electrons. The predicted octanol–water partition coefficient (Wildman–Crippen LogP) is 1.37. The smallest absolute Gasteiger partial charge is 0.180 e. The summed E-state index contributed by atoms with van der Waals surface area (Å²) in [5, 5.41) is 17.8. The second-order valence-electron chi connectivity index (χ2n) is 1.90. The van der Waals surface area contributed by atoms with E-state index in [2.05, 4.69) is 4.98 Å². The third kappa shape index (κ3) is 2.04. The van der Waals surface area contributed by atoms with Gasteiger partial charge in [-0.2, -0.15) is 0 Å². The molecule has 0 fully saturated rings. The fourth-order valence-corrected chi connectivity index (χ4v) is 0.993. The number of halogens is 2. The van der Waals surface area contributed by atoms with Crippen molar-refractivity contribution in [2.45, 2.75) is 6.29 Å². The Labute approximate surface area is 73.2 Å². The van der Waals surface area contributed by atoms with Crippen molar-refractivity contribution in [2.24, 2.45) is 0 Å². The van der Waals surface area contributed by atoms with E-state index in [9.17, 15) is 0 Å². The minimum atomic E-state index is -1.61. The largest absolute Gasteiger partial charge is 0.364 e. The van der Waals surface area contributed by atoms with E-state index in [1.807, 2.05) is 0 Å². The molecule has 1 aromatic rings. The summed E-state index contributed by atoms with van der Waals surface area (Å²) in [5.74, 6) is 0. The monoisotopic (exact) mass is 193 g/mol. The maximum Gasteiger partial charge on any atom is 0.180 e. The van der Waals surface area contributed by atoms with Gasteiger partial charge in [-0.25, -0.2) is 4.98 Å². The average Bonchev–Trinajstić information content (AvgIpc) is 1.94. The Balaban J connectivity index is 3.13. The van der Waals surface area contributed by atoms with E-state index < -0.39 is 6.29 Å². The van der Waals surface area contributed by atoms with Gasteiger partial charge in [0.05, 0.1) is 5.02 Å².